The lowest BCUT2D eigenvalue weighted by Gasteiger charge is -2.18. The second kappa shape index (κ2) is 10.8. The SMILES string of the molecule is CCN(CC)C(=O)CCCC(=O)Nc1cc(-c2ccc(Cl)cc2)nn1CCO. The molecule has 0 bridgehead atoms. The van der Waals surface area contributed by atoms with Crippen LogP contribution in [0.25, 0.3) is 11.3 Å². The second-order valence-corrected chi connectivity index (χ2v) is 6.77. The van der Waals surface area contributed by atoms with Crippen molar-refractivity contribution >= 4 is 29.2 Å². The highest BCUT2D eigenvalue weighted by atomic mass is 35.5. The summed E-state index contributed by atoms with van der Waals surface area (Å²) < 4.78 is 1.56. The van der Waals surface area contributed by atoms with E-state index in [-0.39, 0.29) is 31.4 Å². The van der Waals surface area contributed by atoms with Gasteiger partial charge in [0.05, 0.1) is 18.8 Å². The zero-order valence-corrected chi connectivity index (χ0v) is 17.1. The van der Waals surface area contributed by atoms with E-state index in [0.29, 0.717) is 42.5 Å². The number of amides is 2. The molecule has 1 aromatic heterocycles. The monoisotopic (exact) mass is 406 g/mol. The molecule has 1 heterocycles. The zero-order chi connectivity index (χ0) is 20.5. The average molecular weight is 407 g/mol. The van der Waals surface area contributed by atoms with Gasteiger partial charge in [0.2, 0.25) is 11.8 Å². The summed E-state index contributed by atoms with van der Waals surface area (Å²) in [4.78, 5) is 26.1. The predicted molar refractivity (Wildman–Crippen MR) is 110 cm³/mol. The molecule has 0 saturated heterocycles. The number of nitrogens with zero attached hydrogens (tertiary/aromatic N) is 3. The average Bonchev–Trinajstić information content (AvgIpc) is 3.06. The smallest absolute Gasteiger partial charge is 0.225 e. The van der Waals surface area contributed by atoms with Crippen LogP contribution < -0.4 is 5.32 Å². The van der Waals surface area contributed by atoms with E-state index in [1.54, 1.807) is 27.8 Å². The lowest BCUT2D eigenvalue weighted by atomic mass is 10.1. The molecule has 2 aromatic rings. The number of nitrogens with one attached hydrogen (secondary N) is 1. The van der Waals surface area contributed by atoms with Gasteiger partial charge < -0.3 is 15.3 Å². The summed E-state index contributed by atoms with van der Waals surface area (Å²) in [5, 5.41) is 17.2. The van der Waals surface area contributed by atoms with Crippen LogP contribution in [0.1, 0.15) is 33.1 Å². The number of carbonyl (C=O) groups excluding carboxylic acids is 2. The molecule has 0 aliphatic carbocycles. The summed E-state index contributed by atoms with van der Waals surface area (Å²) in [6, 6.07) is 8.99. The Bertz CT molecular complexity index is 785. The van der Waals surface area contributed by atoms with E-state index in [0.717, 1.165) is 5.56 Å². The fourth-order valence-electron chi connectivity index (χ4n) is 2.88. The van der Waals surface area contributed by atoms with Crippen molar-refractivity contribution in [2.45, 2.75) is 39.7 Å². The number of halogens is 1. The van der Waals surface area contributed by atoms with Crippen LogP contribution in [0.5, 0.6) is 0 Å². The molecule has 0 radical (unpaired) electrons. The number of aliphatic hydroxyl groups is 1. The van der Waals surface area contributed by atoms with Crippen LogP contribution in [0.2, 0.25) is 5.02 Å². The standard InChI is InChI=1S/C20H27ClN4O3/c1-3-24(4-2)20(28)7-5-6-19(27)22-18-14-17(23-25(18)12-13-26)15-8-10-16(21)11-9-15/h8-11,14,26H,3-7,12-13H2,1-2H3,(H,22,27). The van der Waals surface area contributed by atoms with Gasteiger partial charge in [-0.2, -0.15) is 5.10 Å². The van der Waals surface area contributed by atoms with E-state index in [2.05, 4.69) is 10.4 Å². The molecule has 2 amide bonds. The molecule has 0 unspecified atom stereocenters. The molecule has 0 aliphatic heterocycles. The number of rotatable bonds is 10. The first-order valence-corrected chi connectivity index (χ1v) is 9.88. The molecule has 7 nitrogen and oxygen atoms in total. The van der Waals surface area contributed by atoms with Gasteiger partial charge in [-0.15, -0.1) is 0 Å². The van der Waals surface area contributed by atoms with Crippen molar-refractivity contribution in [2.75, 3.05) is 25.0 Å². The number of aromatic nitrogens is 2. The van der Waals surface area contributed by atoms with Gasteiger partial charge in [0, 0.05) is 42.6 Å². The molecule has 0 aliphatic rings. The van der Waals surface area contributed by atoms with Gasteiger partial charge in [-0.1, -0.05) is 23.7 Å². The molecule has 0 spiro atoms. The van der Waals surface area contributed by atoms with E-state index in [1.165, 1.54) is 0 Å². The number of benzene rings is 1. The number of hydrogen-bond donors (Lipinski definition) is 2. The van der Waals surface area contributed by atoms with Crippen LogP contribution in [0, 0.1) is 0 Å². The number of anilines is 1. The van der Waals surface area contributed by atoms with Crippen molar-refractivity contribution in [3.05, 3.63) is 35.4 Å². The molecular formula is C20H27ClN4O3. The highest BCUT2D eigenvalue weighted by Crippen LogP contribution is 2.24. The van der Waals surface area contributed by atoms with Crippen molar-refractivity contribution in [3.8, 4) is 11.3 Å². The number of carbonyl (C=O) groups is 2. The first-order valence-electron chi connectivity index (χ1n) is 9.50. The van der Waals surface area contributed by atoms with Crippen LogP contribution in [0.4, 0.5) is 5.82 Å². The Kier molecular flexibility index (Phi) is 8.47. The van der Waals surface area contributed by atoms with Crippen molar-refractivity contribution in [1.29, 1.82) is 0 Å². The van der Waals surface area contributed by atoms with E-state index in [1.807, 2.05) is 26.0 Å². The Labute approximate surface area is 170 Å². The van der Waals surface area contributed by atoms with E-state index < -0.39 is 0 Å². The van der Waals surface area contributed by atoms with Crippen molar-refractivity contribution in [2.24, 2.45) is 0 Å². The van der Waals surface area contributed by atoms with Gasteiger partial charge in [0.25, 0.3) is 0 Å². The van der Waals surface area contributed by atoms with Gasteiger partial charge in [0.1, 0.15) is 5.82 Å². The zero-order valence-electron chi connectivity index (χ0n) is 16.3. The van der Waals surface area contributed by atoms with Gasteiger partial charge in [0.15, 0.2) is 0 Å². The van der Waals surface area contributed by atoms with Crippen LogP contribution in [-0.2, 0) is 16.1 Å². The Hall–Kier alpha value is -2.38. The molecule has 0 fully saturated rings. The Balaban J connectivity index is 1.99. The molecule has 0 atom stereocenters. The summed E-state index contributed by atoms with van der Waals surface area (Å²) in [6.45, 7) is 5.40. The fourth-order valence-corrected chi connectivity index (χ4v) is 3.01. The summed E-state index contributed by atoms with van der Waals surface area (Å²) in [5.74, 6) is 0.390. The van der Waals surface area contributed by atoms with Crippen LogP contribution in [0.3, 0.4) is 0 Å². The molecule has 2 rings (SSSR count). The molecule has 0 saturated carbocycles. The molecule has 152 valence electrons. The normalized spacial score (nSPS) is 10.7. The summed E-state index contributed by atoms with van der Waals surface area (Å²) in [5.41, 5.74) is 1.54. The van der Waals surface area contributed by atoms with Crippen LogP contribution >= 0.6 is 11.6 Å². The number of aliphatic hydroxyl groups excluding tert-OH is 1. The molecule has 2 N–H and O–H groups in total. The largest absolute Gasteiger partial charge is 0.394 e. The minimum atomic E-state index is -0.186. The van der Waals surface area contributed by atoms with Gasteiger partial charge in [-0.3, -0.25) is 9.59 Å². The first kappa shape index (κ1) is 21.9. The fraction of sp³-hybridized carbons (Fsp3) is 0.450. The summed E-state index contributed by atoms with van der Waals surface area (Å²) in [6.07, 6.45) is 1.08. The van der Waals surface area contributed by atoms with E-state index in [4.69, 9.17) is 11.6 Å². The third-order valence-corrected chi connectivity index (χ3v) is 4.66. The van der Waals surface area contributed by atoms with Crippen LogP contribution in [0.15, 0.2) is 30.3 Å². The third kappa shape index (κ3) is 6.07. The van der Waals surface area contributed by atoms with Crippen molar-refractivity contribution in [3.63, 3.8) is 0 Å². The van der Waals surface area contributed by atoms with E-state index >= 15 is 0 Å². The molecule has 28 heavy (non-hydrogen) atoms. The summed E-state index contributed by atoms with van der Waals surface area (Å²) >= 11 is 5.92. The molecular weight excluding hydrogens is 380 g/mol. The van der Waals surface area contributed by atoms with E-state index in [9.17, 15) is 14.7 Å². The topological polar surface area (TPSA) is 87.5 Å². The van der Waals surface area contributed by atoms with Crippen molar-refractivity contribution < 1.29 is 14.7 Å². The highest BCUT2D eigenvalue weighted by Gasteiger charge is 2.14. The van der Waals surface area contributed by atoms with Gasteiger partial charge in [-0.05, 0) is 32.4 Å². The first-order chi connectivity index (χ1) is 13.5. The maximum Gasteiger partial charge on any atom is 0.225 e. The predicted octanol–water partition coefficient (Wildman–Crippen LogP) is 3.17. The minimum Gasteiger partial charge on any atom is -0.394 e. The van der Waals surface area contributed by atoms with Gasteiger partial charge in [-0.25, -0.2) is 4.68 Å². The van der Waals surface area contributed by atoms with Crippen molar-refractivity contribution in [1.82, 2.24) is 14.7 Å². The second-order valence-electron chi connectivity index (χ2n) is 6.34. The van der Waals surface area contributed by atoms with Gasteiger partial charge >= 0.3 is 0 Å². The quantitative estimate of drug-likeness (QED) is 0.634. The molecule has 1 aromatic carbocycles. The lowest BCUT2D eigenvalue weighted by Crippen LogP contribution is -2.30. The highest BCUT2D eigenvalue weighted by molar-refractivity contribution is 6.30. The Morgan fingerprint density at radius 2 is 1.86 bits per heavy atom. The lowest BCUT2D eigenvalue weighted by molar-refractivity contribution is -0.131. The summed E-state index contributed by atoms with van der Waals surface area (Å²) in [7, 11) is 0. The Morgan fingerprint density at radius 1 is 1.18 bits per heavy atom. The maximum atomic E-state index is 12.3. The number of hydrogen-bond acceptors (Lipinski definition) is 4. The maximum absolute atomic E-state index is 12.3. The molecule has 8 heteroatoms. The third-order valence-electron chi connectivity index (χ3n) is 4.41. The Morgan fingerprint density at radius 3 is 2.46 bits per heavy atom. The minimum absolute atomic E-state index is 0.0631. The van der Waals surface area contributed by atoms with Crippen LogP contribution in [-0.4, -0.2) is 51.3 Å².